The van der Waals surface area contributed by atoms with Gasteiger partial charge in [0.2, 0.25) is 0 Å². The molecule has 0 saturated heterocycles. The average molecular weight is 395 g/mol. The number of rotatable bonds is 3. The van der Waals surface area contributed by atoms with Gasteiger partial charge in [-0.1, -0.05) is 30.3 Å². The molecule has 148 valence electrons. The Labute approximate surface area is 174 Å². The molecule has 5 rings (SSSR count). The monoisotopic (exact) mass is 395 g/mol. The van der Waals surface area contributed by atoms with E-state index < -0.39 is 5.97 Å². The summed E-state index contributed by atoms with van der Waals surface area (Å²) in [6.07, 6.45) is 0. The number of carboxylic acids is 1. The SMILES string of the molecule is CC1=C(C(=O)O)N=c2c1c(C)c1c(c2-c2cccc(N(C)C)c2)-c2ccccc2N=1. The van der Waals surface area contributed by atoms with Gasteiger partial charge in [-0.2, -0.15) is 0 Å². The molecule has 2 aliphatic rings. The maximum atomic E-state index is 11.9. The first kappa shape index (κ1) is 18.3. The number of nitrogens with zero attached hydrogens (tertiary/aromatic N) is 3. The maximum Gasteiger partial charge on any atom is 0.354 e. The van der Waals surface area contributed by atoms with Gasteiger partial charge < -0.3 is 10.0 Å². The van der Waals surface area contributed by atoms with E-state index in [1.807, 2.05) is 52.2 Å². The van der Waals surface area contributed by atoms with Crippen molar-refractivity contribution in [2.24, 2.45) is 9.98 Å². The predicted molar refractivity (Wildman–Crippen MR) is 119 cm³/mol. The summed E-state index contributed by atoms with van der Waals surface area (Å²) >= 11 is 0. The number of hydrogen-bond donors (Lipinski definition) is 1. The highest BCUT2D eigenvalue weighted by atomic mass is 16.4. The molecule has 0 aromatic heterocycles. The molecule has 2 aliphatic heterocycles. The van der Waals surface area contributed by atoms with Crippen molar-refractivity contribution in [1.29, 1.82) is 0 Å². The van der Waals surface area contributed by atoms with Crippen molar-refractivity contribution in [2.75, 3.05) is 19.0 Å². The van der Waals surface area contributed by atoms with Gasteiger partial charge in [-0.05, 0) is 48.7 Å². The summed E-state index contributed by atoms with van der Waals surface area (Å²) in [6, 6.07) is 16.3. The standard InChI is InChI=1S/C25H21N3O2/c1-13-19-14(2)23(25(29)30)27-24(19)20(15-8-7-9-16(12-15)28(3)4)21-17-10-5-6-11-18(17)26-22(13)21/h5-12H,1-4H3,(H,29,30). The second-order valence-electron chi connectivity index (χ2n) is 7.91. The Morgan fingerprint density at radius 2 is 1.67 bits per heavy atom. The van der Waals surface area contributed by atoms with Crippen molar-refractivity contribution in [3.05, 3.63) is 76.1 Å². The molecule has 0 fully saturated rings. The third kappa shape index (κ3) is 2.45. The fourth-order valence-corrected chi connectivity index (χ4v) is 4.46. The Morgan fingerprint density at radius 1 is 0.900 bits per heavy atom. The molecule has 3 aromatic rings. The number of carbonyl (C=O) groups is 1. The van der Waals surface area contributed by atoms with Crippen molar-refractivity contribution in [1.82, 2.24) is 0 Å². The minimum Gasteiger partial charge on any atom is -0.477 e. The Hall–Kier alpha value is -3.73. The van der Waals surface area contributed by atoms with Crippen molar-refractivity contribution < 1.29 is 9.90 Å². The number of carboxylic acid groups (broad SMARTS) is 1. The summed E-state index contributed by atoms with van der Waals surface area (Å²) in [5.41, 5.74) is 8.69. The number of benzene rings is 3. The first-order valence-corrected chi connectivity index (χ1v) is 9.84. The average Bonchev–Trinajstić information content (AvgIpc) is 3.28. The minimum absolute atomic E-state index is 0.107. The lowest BCUT2D eigenvalue weighted by molar-refractivity contribution is -0.132. The minimum atomic E-state index is -1.01. The molecular weight excluding hydrogens is 374 g/mol. The summed E-state index contributed by atoms with van der Waals surface area (Å²) in [6.45, 7) is 3.84. The lowest BCUT2D eigenvalue weighted by Gasteiger charge is -2.16. The zero-order chi connectivity index (χ0) is 21.2. The normalized spacial score (nSPS) is 13.3. The molecule has 1 N–H and O–H groups in total. The van der Waals surface area contributed by atoms with Gasteiger partial charge in [0.05, 0.1) is 16.4 Å². The van der Waals surface area contributed by atoms with Crippen LogP contribution in [0.15, 0.2) is 64.2 Å². The summed E-state index contributed by atoms with van der Waals surface area (Å²) in [4.78, 5) is 23.4. The highest BCUT2D eigenvalue weighted by Gasteiger charge is 2.29. The molecule has 5 heteroatoms. The number of aliphatic carboxylic acids is 1. The van der Waals surface area contributed by atoms with Gasteiger partial charge in [0.1, 0.15) is 0 Å². The zero-order valence-corrected chi connectivity index (χ0v) is 17.3. The van der Waals surface area contributed by atoms with E-state index in [9.17, 15) is 9.90 Å². The van der Waals surface area contributed by atoms with Crippen LogP contribution in [-0.4, -0.2) is 25.2 Å². The third-order valence-corrected chi connectivity index (χ3v) is 5.90. The first-order chi connectivity index (χ1) is 14.4. The van der Waals surface area contributed by atoms with Crippen LogP contribution in [0, 0.1) is 6.92 Å². The second-order valence-corrected chi connectivity index (χ2v) is 7.91. The van der Waals surface area contributed by atoms with Crippen molar-refractivity contribution in [3.63, 3.8) is 0 Å². The van der Waals surface area contributed by atoms with Crippen LogP contribution >= 0.6 is 0 Å². The lowest BCUT2D eigenvalue weighted by atomic mass is 9.88. The number of fused-ring (bicyclic) bond motifs is 4. The Balaban J connectivity index is 1.96. The number of anilines is 1. The first-order valence-electron chi connectivity index (χ1n) is 9.84. The highest BCUT2D eigenvalue weighted by Crippen LogP contribution is 2.40. The quantitative estimate of drug-likeness (QED) is 0.568. The zero-order valence-electron chi connectivity index (χ0n) is 17.3. The van der Waals surface area contributed by atoms with Crippen LogP contribution in [0.4, 0.5) is 11.4 Å². The van der Waals surface area contributed by atoms with Gasteiger partial charge in [-0.25, -0.2) is 14.8 Å². The van der Waals surface area contributed by atoms with Crippen molar-refractivity contribution in [3.8, 4) is 22.3 Å². The summed E-state index contributed by atoms with van der Waals surface area (Å²) in [5, 5.41) is 11.3. The van der Waals surface area contributed by atoms with Crippen LogP contribution in [0.1, 0.15) is 18.1 Å². The Bertz CT molecular complexity index is 1420. The largest absolute Gasteiger partial charge is 0.477 e. The van der Waals surface area contributed by atoms with E-state index in [2.05, 4.69) is 34.2 Å². The topological polar surface area (TPSA) is 65.3 Å². The number of hydrogen-bond acceptors (Lipinski definition) is 4. The van der Waals surface area contributed by atoms with Crippen LogP contribution in [0.2, 0.25) is 0 Å². The predicted octanol–water partition coefficient (Wildman–Crippen LogP) is 4.11. The van der Waals surface area contributed by atoms with E-state index in [0.717, 1.165) is 55.5 Å². The van der Waals surface area contributed by atoms with Gasteiger partial charge in [-0.15, -0.1) is 0 Å². The van der Waals surface area contributed by atoms with E-state index in [1.165, 1.54) is 0 Å². The highest BCUT2D eigenvalue weighted by molar-refractivity contribution is 6.00. The summed E-state index contributed by atoms with van der Waals surface area (Å²) in [5.74, 6) is -1.01. The Kier molecular flexibility index (Phi) is 3.90. The molecule has 0 spiro atoms. The molecule has 0 atom stereocenters. The molecule has 3 aromatic carbocycles. The third-order valence-electron chi connectivity index (χ3n) is 5.90. The van der Waals surface area contributed by atoms with Gasteiger partial charge in [0, 0.05) is 42.0 Å². The van der Waals surface area contributed by atoms with Gasteiger partial charge >= 0.3 is 5.97 Å². The van der Waals surface area contributed by atoms with E-state index in [0.29, 0.717) is 5.57 Å². The van der Waals surface area contributed by atoms with Crippen LogP contribution in [0.3, 0.4) is 0 Å². The van der Waals surface area contributed by atoms with Crippen LogP contribution in [0.5, 0.6) is 0 Å². The molecular formula is C25H21N3O2. The number of allylic oxidation sites excluding steroid dienone is 1. The Morgan fingerprint density at radius 3 is 2.40 bits per heavy atom. The van der Waals surface area contributed by atoms with Crippen LogP contribution in [0.25, 0.3) is 27.8 Å². The van der Waals surface area contributed by atoms with Crippen LogP contribution in [-0.2, 0) is 4.79 Å². The fourth-order valence-electron chi connectivity index (χ4n) is 4.46. The molecule has 0 bridgehead atoms. The van der Waals surface area contributed by atoms with E-state index in [1.54, 1.807) is 0 Å². The second kappa shape index (κ2) is 6.39. The van der Waals surface area contributed by atoms with Crippen molar-refractivity contribution >= 4 is 22.9 Å². The summed E-state index contributed by atoms with van der Waals surface area (Å²) < 4.78 is 0. The fraction of sp³-hybridized carbons (Fsp3) is 0.160. The van der Waals surface area contributed by atoms with Gasteiger partial charge in [-0.3, -0.25) is 0 Å². The lowest BCUT2D eigenvalue weighted by Crippen LogP contribution is -2.22. The molecule has 0 saturated carbocycles. The van der Waals surface area contributed by atoms with E-state index in [-0.39, 0.29) is 5.70 Å². The number of para-hydroxylation sites is 1. The van der Waals surface area contributed by atoms with E-state index in [4.69, 9.17) is 4.99 Å². The molecule has 0 aliphatic carbocycles. The van der Waals surface area contributed by atoms with Gasteiger partial charge in [0.15, 0.2) is 5.70 Å². The van der Waals surface area contributed by atoms with Gasteiger partial charge in [0.25, 0.3) is 0 Å². The molecule has 5 nitrogen and oxygen atoms in total. The van der Waals surface area contributed by atoms with Crippen LogP contribution < -0.4 is 15.6 Å². The smallest absolute Gasteiger partial charge is 0.354 e. The summed E-state index contributed by atoms with van der Waals surface area (Å²) in [7, 11) is 4.01. The molecule has 0 radical (unpaired) electrons. The molecule has 0 amide bonds. The van der Waals surface area contributed by atoms with Crippen molar-refractivity contribution in [2.45, 2.75) is 13.8 Å². The molecule has 2 heterocycles. The molecule has 30 heavy (non-hydrogen) atoms. The maximum absolute atomic E-state index is 11.9. The molecule has 0 unspecified atom stereocenters. The van der Waals surface area contributed by atoms with E-state index >= 15 is 0 Å².